The van der Waals surface area contributed by atoms with Crippen LogP contribution in [-0.4, -0.2) is 35.2 Å². The molecule has 2 N–H and O–H groups in total. The molecule has 0 bridgehead atoms. The number of likely N-dealkylation sites (tertiary alicyclic amines) is 1. The fraction of sp³-hybridized carbons (Fsp3) is 0.381. The molecular formula is C21H26N2O2. The van der Waals surface area contributed by atoms with Crippen molar-refractivity contribution >= 4 is 11.7 Å². The minimum atomic E-state index is -0.123. The van der Waals surface area contributed by atoms with Crippen molar-refractivity contribution in [3.8, 4) is 11.1 Å². The van der Waals surface area contributed by atoms with Crippen LogP contribution in [0, 0.1) is 6.92 Å². The van der Waals surface area contributed by atoms with E-state index in [2.05, 4.69) is 30.4 Å². The van der Waals surface area contributed by atoms with Crippen LogP contribution in [0.25, 0.3) is 11.1 Å². The summed E-state index contributed by atoms with van der Waals surface area (Å²) in [5.41, 5.74) is 4.21. The van der Waals surface area contributed by atoms with Crippen LogP contribution in [0.2, 0.25) is 0 Å². The number of hydrogen-bond donors (Lipinski definition) is 2. The Morgan fingerprint density at radius 3 is 2.64 bits per heavy atom. The van der Waals surface area contributed by atoms with Gasteiger partial charge in [-0.05, 0) is 43.0 Å². The first kappa shape index (κ1) is 17.5. The highest BCUT2D eigenvalue weighted by atomic mass is 16.3. The summed E-state index contributed by atoms with van der Waals surface area (Å²) in [7, 11) is 0. The molecule has 0 aliphatic carbocycles. The number of carbonyl (C=O) groups is 1. The van der Waals surface area contributed by atoms with E-state index >= 15 is 0 Å². The second-order valence-corrected chi connectivity index (χ2v) is 6.76. The van der Waals surface area contributed by atoms with E-state index in [1.807, 2.05) is 30.3 Å². The number of rotatable bonds is 3. The number of carbonyl (C=O) groups excluding carboxylic acids is 1. The summed E-state index contributed by atoms with van der Waals surface area (Å²) < 4.78 is 0. The molecule has 1 heterocycles. The van der Waals surface area contributed by atoms with Gasteiger partial charge in [-0.1, -0.05) is 54.8 Å². The zero-order valence-corrected chi connectivity index (χ0v) is 14.7. The van der Waals surface area contributed by atoms with Crippen molar-refractivity contribution in [1.29, 1.82) is 0 Å². The lowest BCUT2D eigenvalue weighted by Crippen LogP contribution is -2.44. The van der Waals surface area contributed by atoms with Crippen molar-refractivity contribution in [3.05, 3.63) is 54.1 Å². The van der Waals surface area contributed by atoms with Crippen molar-refractivity contribution in [2.75, 3.05) is 18.5 Å². The normalized spacial score (nSPS) is 17.8. The minimum absolute atomic E-state index is 0.0246. The van der Waals surface area contributed by atoms with Gasteiger partial charge in [0.15, 0.2) is 0 Å². The van der Waals surface area contributed by atoms with Crippen LogP contribution in [0.5, 0.6) is 0 Å². The van der Waals surface area contributed by atoms with Crippen molar-refractivity contribution in [2.45, 2.75) is 38.6 Å². The molecule has 1 atom stereocenters. The standard InChI is InChI=1S/C21H26N2O2/c1-16-7-5-8-17(13-16)18-9-6-10-19(14-18)22-21(25)23-12-4-2-3-11-20(23)15-24/h5-10,13-14,20,24H,2-4,11-12,15H2,1H3,(H,22,25). The third-order valence-electron chi connectivity index (χ3n) is 4.81. The summed E-state index contributed by atoms with van der Waals surface area (Å²) in [6.45, 7) is 2.80. The van der Waals surface area contributed by atoms with Crippen molar-refractivity contribution in [1.82, 2.24) is 4.90 Å². The number of aryl methyl sites for hydroxylation is 1. The Kier molecular flexibility index (Phi) is 5.71. The molecule has 1 unspecified atom stereocenters. The summed E-state index contributed by atoms with van der Waals surface area (Å²) in [5.74, 6) is 0. The maximum absolute atomic E-state index is 12.7. The van der Waals surface area contributed by atoms with Gasteiger partial charge in [-0.15, -0.1) is 0 Å². The number of amides is 2. The summed E-state index contributed by atoms with van der Waals surface area (Å²) in [4.78, 5) is 14.5. The predicted molar refractivity (Wildman–Crippen MR) is 102 cm³/mol. The average molecular weight is 338 g/mol. The number of anilines is 1. The zero-order valence-electron chi connectivity index (χ0n) is 14.7. The highest BCUT2D eigenvalue weighted by Crippen LogP contribution is 2.24. The second kappa shape index (κ2) is 8.17. The number of nitrogens with one attached hydrogen (secondary N) is 1. The molecule has 2 aromatic rings. The van der Waals surface area contributed by atoms with E-state index < -0.39 is 0 Å². The molecule has 25 heavy (non-hydrogen) atoms. The minimum Gasteiger partial charge on any atom is -0.394 e. The fourth-order valence-corrected chi connectivity index (χ4v) is 3.43. The molecule has 1 fully saturated rings. The molecule has 4 heteroatoms. The van der Waals surface area contributed by atoms with Crippen molar-refractivity contribution in [3.63, 3.8) is 0 Å². The van der Waals surface area contributed by atoms with Crippen molar-refractivity contribution < 1.29 is 9.90 Å². The first-order chi connectivity index (χ1) is 12.2. The smallest absolute Gasteiger partial charge is 0.322 e. The van der Waals surface area contributed by atoms with Gasteiger partial charge >= 0.3 is 6.03 Å². The van der Waals surface area contributed by atoms with E-state index in [0.29, 0.717) is 6.54 Å². The van der Waals surface area contributed by atoms with E-state index in [1.165, 1.54) is 5.56 Å². The van der Waals surface area contributed by atoms with Gasteiger partial charge < -0.3 is 15.3 Å². The molecule has 0 radical (unpaired) electrons. The third-order valence-corrected chi connectivity index (χ3v) is 4.81. The highest BCUT2D eigenvalue weighted by molar-refractivity contribution is 5.90. The fourth-order valence-electron chi connectivity index (χ4n) is 3.43. The third kappa shape index (κ3) is 4.40. The van der Waals surface area contributed by atoms with Gasteiger partial charge in [-0.3, -0.25) is 0 Å². The largest absolute Gasteiger partial charge is 0.394 e. The van der Waals surface area contributed by atoms with Gasteiger partial charge in [0, 0.05) is 12.2 Å². The first-order valence-electron chi connectivity index (χ1n) is 9.03. The molecule has 0 saturated carbocycles. The van der Waals surface area contributed by atoms with Crippen molar-refractivity contribution in [2.24, 2.45) is 0 Å². The number of nitrogens with zero attached hydrogens (tertiary/aromatic N) is 1. The molecule has 2 aromatic carbocycles. The molecule has 0 aromatic heterocycles. The molecule has 1 saturated heterocycles. The van der Waals surface area contributed by atoms with E-state index in [0.717, 1.165) is 42.5 Å². The van der Waals surface area contributed by atoms with Crippen LogP contribution in [0.4, 0.5) is 10.5 Å². The Labute approximate surface area is 149 Å². The number of hydrogen-bond acceptors (Lipinski definition) is 2. The van der Waals surface area contributed by atoms with Gasteiger partial charge in [-0.25, -0.2) is 4.79 Å². The molecule has 132 valence electrons. The molecule has 0 spiro atoms. The highest BCUT2D eigenvalue weighted by Gasteiger charge is 2.24. The lowest BCUT2D eigenvalue weighted by Gasteiger charge is -2.28. The van der Waals surface area contributed by atoms with Gasteiger partial charge in [-0.2, -0.15) is 0 Å². The summed E-state index contributed by atoms with van der Waals surface area (Å²) in [6, 6.07) is 16.0. The number of benzene rings is 2. The predicted octanol–water partition coefficient (Wildman–Crippen LogP) is 4.43. The number of urea groups is 1. The molecule has 1 aliphatic heterocycles. The number of aliphatic hydroxyl groups excluding tert-OH is 1. The Bertz CT molecular complexity index is 729. The van der Waals surface area contributed by atoms with Crippen LogP contribution in [-0.2, 0) is 0 Å². The van der Waals surface area contributed by atoms with Crippen LogP contribution >= 0.6 is 0 Å². The summed E-state index contributed by atoms with van der Waals surface area (Å²) >= 11 is 0. The lowest BCUT2D eigenvalue weighted by atomic mass is 10.0. The van der Waals surface area contributed by atoms with Gasteiger partial charge in [0.2, 0.25) is 0 Å². The molecule has 1 aliphatic rings. The molecule has 4 nitrogen and oxygen atoms in total. The van der Waals surface area contributed by atoms with Crippen LogP contribution in [0.15, 0.2) is 48.5 Å². The van der Waals surface area contributed by atoms with Crippen LogP contribution < -0.4 is 5.32 Å². The topological polar surface area (TPSA) is 52.6 Å². The Morgan fingerprint density at radius 2 is 1.88 bits per heavy atom. The Hall–Kier alpha value is -2.33. The maximum Gasteiger partial charge on any atom is 0.322 e. The van der Waals surface area contributed by atoms with Gasteiger partial charge in [0.1, 0.15) is 0 Å². The molecule has 3 rings (SSSR count). The maximum atomic E-state index is 12.7. The zero-order chi connectivity index (χ0) is 17.6. The molecule has 2 amide bonds. The van der Waals surface area contributed by atoms with E-state index in [9.17, 15) is 9.90 Å². The Morgan fingerprint density at radius 1 is 1.12 bits per heavy atom. The average Bonchev–Trinajstić information content (AvgIpc) is 2.87. The summed E-state index contributed by atoms with van der Waals surface area (Å²) in [6.07, 6.45) is 4.04. The summed E-state index contributed by atoms with van der Waals surface area (Å²) in [5, 5.41) is 12.6. The lowest BCUT2D eigenvalue weighted by molar-refractivity contribution is 0.142. The van der Waals surface area contributed by atoms with E-state index in [-0.39, 0.29) is 18.7 Å². The van der Waals surface area contributed by atoms with Gasteiger partial charge in [0.05, 0.1) is 12.6 Å². The monoisotopic (exact) mass is 338 g/mol. The van der Waals surface area contributed by atoms with E-state index in [4.69, 9.17) is 0 Å². The van der Waals surface area contributed by atoms with E-state index in [1.54, 1.807) is 4.90 Å². The second-order valence-electron chi connectivity index (χ2n) is 6.76. The van der Waals surface area contributed by atoms with Crippen LogP contribution in [0.3, 0.4) is 0 Å². The number of aliphatic hydroxyl groups is 1. The first-order valence-corrected chi connectivity index (χ1v) is 9.03. The Balaban J connectivity index is 1.76. The quantitative estimate of drug-likeness (QED) is 0.870. The van der Waals surface area contributed by atoms with Gasteiger partial charge in [0.25, 0.3) is 0 Å². The molecular weight excluding hydrogens is 312 g/mol. The SMILES string of the molecule is Cc1cccc(-c2cccc(NC(=O)N3CCCCCC3CO)c2)c1. The van der Waals surface area contributed by atoms with Crippen LogP contribution in [0.1, 0.15) is 31.2 Å².